The van der Waals surface area contributed by atoms with Crippen molar-refractivity contribution in [2.24, 2.45) is 11.8 Å². The summed E-state index contributed by atoms with van der Waals surface area (Å²) in [6.07, 6.45) is 7.76. The molecule has 0 amide bonds. The lowest BCUT2D eigenvalue weighted by molar-refractivity contribution is 0.698. The maximum atomic E-state index is 4.07. The summed E-state index contributed by atoms with van der Waals surface area (Å²) in [6, 6.07) is 0. The Labute approximate surface area is 89.4 Å². The molecule has 0 fully saturated rings. The van der Waals surface area contributed by atoms with Crippen LogP contribution in [0.15, 0.2) is 36.0 Å². The second-order valence-corrected chi connectivity index (χ2v) is 4.30. The zero-order chi connectivity index (χ0) is 11.1. The van der Waals surface area contributed by atoms with Crippen LogP contribution in [0.4, 0.5) is 0 Å². The van der Waals surface area contributed by atoms with Crippen LogP contribution in [0, 0.1) is 11.8 Å². The van der Waals surface area contributed by atoms with Gasteiger partial charge in [-0.3, -0.25) is 0 Å². The maximum absolute atomic E-state index is 4.07. The molecule has 0 aromatic rings. The molecule has 0 nitrogen and oxygen atoms in total. The summed E-state index contributed by atoms with van der Waals surface area (Å²) in [7, 11) is 0. The predicted molar refractivity (Wildman–Crippen MR) is 66.3 cm³/mol. The number of rotatable bonds is 5. The van der Waals surface area contributed by atoms with Crippen molar-refractivity contribution in [3.8, 4) is 0 Å². The minimum absolute atomic E-state index is 0.545. The van der Waals surface area contributed by atoms with Crippen molar-refractivity contribution in [3.05, 3.63) is 36.0 Å². The molecule has 0 rings (SSSR count). The highest BCUT2D eigenvalue weighted by atomic mass is 14.1. The molecule has 80 valence electrons. The second-order valence-electron chi connectivity index (χ2n) is 4.30. The third kappa shape index (κ3) is 5.06. The van der Waals surface area contributed by atoms with Crippen molar-refractivity contribution in [1.29, 1.82) is 0 Å². The number of allylic oxidation sites excluding steroid dienone is 5. The van der Waals surface area contributed by atoms with E-state index in [0.29, 0.717) is 11.8 Å². The molecule has 0 heteroatoms. The Morgan fingerprint density at radius 3 is 2.29 bits per heavy atom. The van der Waals surface area contributed by atoms with E-state index >= 15 is 0 Å². The molecule has 14 heavy (non-hydrogen) atoms. The van der Waals surface area contributed by atoms with E-state index in [4.69, 9.17) is 0 Å². The Balaban J connectivity index is 4.25. The molecule has 0 aliphatic heterocycles. The van der Waals surface area contributed by atoms with Crippen molar-refractivity contribution >= 4 is 0 Å². The summed E-state index contributed by atoms with van der Waals surface area (Å²) >= 11 is 0. The van der Waals surface area contributed by atoms with Crippen LogP contribution in [0.3, 0.4) is 0 Å². The van der Waals surface area contributed by atoms with E-state index < -0.39 is 0 Å². The molecule has 1 unspecified atom stereocenters. The van der Waals surface area contributed by atoms with Crippen LogP contribution < -0.4 is 0 Å². The van der Waals surface area contributed by atoms with E-state index in [1.807, 2.05) is 0 Å². The molecule has 0 saturated carbocycles. The van der Waals surface area contributed by atoms with Crippen LogP contribution >= 0.6 is 0 Å². The molecule has 0 bridgehead atoms. The van der Waals surface area contributed by atoms with Crippen LogP contribution in [-0.4, -0.2) is 0 Å². The Morgan fingerprint density at radius 1 is 1.29 bits per heavy atom. The first-order valence-corrected chi connectivity index (χ1v) is 5.53. The van der Waals surface area contributed by atoms with Crippen molar-refractivity contribution < 1.29 is 0 Å². The van der Waals surface area contributed by atoms with Gasteiger partial charge in [-0.2, -0.15) is 0 Å². The van der Waals surface area contributed by atoms with Crippen LogP contribution in [0.25, 0.3) is 0 Å². The summed E-state index contributed by atoms with van der Waals surface area (Å²) < 4.78 is 0. The highest BCUT2D eigenvalue weighted by molar-refractivity contribution is 5.30. The summed E-state index contributed by atoms with van der Waals surface area (Å²) in [4.78, 5) is 0. The molecule has 0 aromatic carbocycles. The van der Waals surface area contributed by atoms with E-state index in [1.165, 1.54) is 17.6 Å². The SMILES string of the molecule is C=C(/C(C)=C\C=C/C(C)CC)C(C)C. The van der Waals surface area contributed by atoms with E-state index in [-0.39, 0.29) is 0 Å². The van der Waals surface area contributed by atoms with Gasteiger partial charge in [0.1, 0.15) is 0 Å². The van der Waals surface area contributed by atoms with Crippen LogP contribution in [0.5, 0.6) is 0 Å². The predicted octanol–water partition coefficient (Wildman–Crippen LogP) is 4.75. The minimum atomic E-state index is 0.545. The molecule has 0 saturated heterocycles. The van der Waals surface area contributed by atoms with Crippen molar-refractivity contribution in [2.75, 3.05) is 0 Å². The largest absolute Gasteiger partial charge is 0.0953 e. The third-order valence-corrected chi connectivity index (χ3v) is 2.63. The summed E-state index contributed by atoms with van der Waals surface area (Å²) in [6.45, 7) is 15.0. The zero-order valence-corrected chi connectivity index (χ0v) is 10.3. The van der Waals surface area contributed by atoms with Crippen molar-refractivity contribution in [2.45, 2.75) is 41.0 Å². The molecule has 0 aliphatic rings. The molecule has 0 radical (unpaired) electrons. The zero-order valence-electron chi connectivity index (χ0n) is 10.3. The van der Waals surface area contributed by atoms with Gasteiger partial charge in [-0.1, -0.05) is 58.9 Å². The van der Waals surface area contributed by atoms with Gasteiger partial charge in [0.25, 0.3) is 0 Å². The lowest BCUT2D eigenvalue weighted by Crippen LogP contribution is -1.93. The standard InChI is InChI=1S/C14H24/c1-7-12(4)9-8-10-13(5)14(6)11(2)3/h8-12H,6-7H2,1-5H3/b9-8-,13-10-. The van der Waals surface area contributed by atoms with Crippen LogP contribution in [-0.2, 0) is 0 Å². The van der Waals surface area contributed by atoms with Gasteiger partial charge in [-0.05, 0) is 29.9 Å². The van der Waals surface area contributed by atoms with Gasteiger partial charge in [-0.15, -0.1) is 0 Å². The van der Waals surface area contributed by atoms with Crippen molar-refractivity contribution in [3.63, 3.8) is 0 Å². The molecular formula is C14H24. The molecule has 0 aliphatic carbocycles. The smallest absolute Gasteiger partial charge is 0.0222 e. The fourth-order valence-corrected chi connectivity index (χ4v) is 1.09. The van der Waals surface area contributed by atoms with Crippen LogP contribution in [0.2, 0.25) is 0 Å². The van der Waals surface area contributed by atoms with E-state index in [2.05, 4.69) is 59.4 Å². The monoisotopic (exact) mass is 192 g/mol. The molecule has 0 aromatic heterocycles. The first kappa shape index (κ1) is 13.2. The first-order chi connectivity index (χ1) is 6.49. The molecule has 0 spiro atoms. The van der Waals surface area contributed by atoms with E-state index in [9.17, 15) is 0 Å². The Kier molecular flexibility index (Phi) is 6.27. The van der Waals surface area contributed by atoms with Gasteiger partial charge in [0.05, 0.1) is 0 Å². The average Bonchev–Trinajstić information content (AvgIpc) is 2.15. The average molecular weight is 192 g/mol. The lowest BCUT2D eigenvalue weighted by Gasteiger charge is -2.08. The minimum Gasteiger partial charge on any atom is -0.0953 e. The van der Waals surface area contributed by atoms with Gasteiger partial charge in [0, 0.05) is 0 Å². The van der Waals surface area contributed by atoms with Crippen molar-refractivity contribution in [1.82, 2.24) is 0 Å². The molecule has 0 heterocycles. The van der Waals surface area contributed by atoms with Gasteiger partial charge in [-0.25, -0.2) is 0 Å². The van der Waals surface area contributed by atoms with E-state index in [1.54, 1.807) is 0 Å². The quantitative estimate of drug-likeness (QED) is 0.551. The number of hydrogen-bond acceptors (Lipinski definition) is 0. The fourth-order valence-electron chi connectivity index (χ4n) is 1.09. The molecular weight excluding hydrogens is 168 g/mol. The molecule has 1 atom stereocenters. The number of hydrogen-bond donors (Lipinski definition) is 0. The Hall–Kier alpha value is -0.780. The van der Waals surface area contributed by atoms with Crippen LogP contribution in [0.1, 0.15) is 41.0 Å². The van der Waals surface area contributed by atoms with Gasteiger partial charge >= 0.3 is 0 Å². The Morgan fingerprint density at radius 2 is 1.86 bits per heavy atom. The molecule has 0 N–H and O–H groups in total. The first-order valence-electron chi connectivity index (χ1n) is 5.53. The highest BCUT2D eigenvalue weighted by Crippen LogP contribution is 2.16. The maximum Gasteiger partial charge on any atom is -0.0222 e. The lowest BCUT2D eigenvalue weighted by atomic mass is 9.97. The third-order valence-electron chi connectivity index (χ3n) is 2.63. The van der Waals surface area contributed by atoms with Gasteiger partial charge < -0.3 is 0 Å². The summed E-state index contributed by atoms with van der Waals surface area (Å²) in [5, 5.41) is 0. The second kappa shape index (κ2) is 6.64. The topological polar surface area (TPSA) is 0 Å². The van der Waals surface area contributed by atoms with Gasteiger partial charge in [0.15, 0.2) is 0 Å². The fraction of sp³-hybridized carbons (Fsp3) is 0.571. The van der Waals surface area contributed by atoms with E-state index in [0.717, 1.165) is 0 Å². The summed E-state index contributed by atoms with van der Waals surface area (Å²) in [5.74, 6) is 1.22. The normalized spacial score (nSPS) is 15.1. The highest BCUT2D eigenvalue weighted by Gasteiger charge is 2.00. The van der Waals surface area contributed by atoms with Gasteiger partial charge in [0.2, 0.25) is 0 Å². The Bertz CT molecular complexity index is 228. The summed E-state index contributed by atoms with van der Waals surface area (Å²) in [5.41, 5.74) is 2.53.